The van der Waals surface area contributed by atoms with Gasteiger partial charge in [-0.05, 0) is 43.4 Å². The number of hydrogen-bond donors (Lipinski definition) is 3. The zero-order valence-corrected chi connectivity index (χ0v) is 19.2. The van der Waals surface area contributed by atoms with E-state index in [1.54, 1.807) is 18.2 Å². The van der Waals surface area contributed by atoms with Gasteiger partial charge < -0.3 is 21.8 Å². The number of rotatable bonds is 9. The average Bonchev–Trinajstić information content (AvgIpc) is 3.14. The largest absolute Gasteiger partial charge is 0.396 e. The van der Waals surface area contributed by atoms with Crippen molar-refractivity contribution in [2.45, 2.75) is 52.0 Å². The number of fused-ring (bicyclic) bond motifs is 1. The van der Waals surface area contributed by atoms with Crippen molar-refractivity contribution in [3.8, 4) is 0 Å². The van der Waals surface area contributed by atoms with Crippen molar-refractivity contribution < 1.29 is 9.18 Å². The van der Waals surface area contributed by atoms with Gasteiger partial charge in [0, 0.05) is 18.2 Å². The Balaban J connectivity index is 0.00000122. The number of benzene rings is 1. The summed E-state index contributed by atoms with van der Waals surface area (Å²) < 4.78 is 15.6. The summed E-state index contributed by atoms with van der Waals surface area (Å²) in [7, 11) is 0. The van der Waals surface area contributed by atoms with E-state index in [-0.39, 0.29) is 17.9 Å². The molecule has 3 rings (SSSR count). The van der Waals surface area contributed by atoms with Crippen LogP contribution in [-0.2, 0) is 24.2 Å². The van der Waals surface area contributed by atoms with Crippen LogP contribution in [0.1, 0.15) is 44.0 Å². The molecule has 0 radical (unpaired) electrons. The Morgan fingerprint density at radius 1 is 1.15 bits per heavy atom. The normalized spacial score (nSPS) is 11.3. The molecule has 6 N–H and O–H groups in total. The van der Waals surface area contributed by atoms with Gasteiger partial charge >= 0.3 is 0 Å². The van der Waals surface area contributed by atoms with Crippen molar-refractivity contribution in [3.05, 3.63) is 58.6 Å². The van der Waals surface area contributed by atoms with Crippen LogP contribution < -0.4 is 27.8 Å². The maximum Gasteiger partial charge on any atom is 0.204 e. The van der Waals surface area contributed by atoms with E-state index in [4.69, 9.17) is 21.2 Å². The van der Waals surface area contributed by atoms with Crippen LogP contribution in [0.2, 0.25) is 0 Å². The third-order valence-corrected chi connectivity index (χ3v) is 5.31. The molecule has 0 saturated heterocycles. The van der Waals surface area contributed by atoms with Gasteiger partial charge in [-0.25, -0.2) is 14.4 Å². The number of unbranched alkanes of at least 4 members (excludes halogenated alkanes) is 2. The standard InChI is InChI=1S/C24H30FN5.CH3NO/c1-4-6-11-21-29-22-23(18(9-5-2)16(3)28-24(22)27)30(21)14-8-7-10-17-12-13-19(25)20(26)15-17;2-1-3/h5,9,12-13,15H,2-4,6-8,10-11,14,26H2,1H3,(H2,27,28);1H,(H2,2,3)/b18-9+;. The second kappa shape index (κ2) is 12.4. The van der Waals surface area contributed by atoms with Crippen molar-refractivity contribution in [2.75, 3.05) is 11.5 Å². The highest BCUT2D eigenvalue weighted by atomic mass is 19.1. The van der Waals surface area contributed by atoms with Crippen molar-refractivity contribution in [1.29, 1.82) is 0 Å². The second-order valence-electron chi connectivity index (χ2n) is 7.69. The van der Waals surface area contributed by atoms with Gasteiger partial charge in [-0.3, -0.25) is 4.79 Å². The zero-order valence-electron chi connectivity index (χ0n) is 19.2. The number of imidazole rings is 1. The summed E-state index contributed by atoms with van der Waals surface area (Å²) in [6, 6.07) is 4.94. The van der Waals surface area contributed by atoms with Crippen molar-refractivity contribution in [2.24, 2.45) is 5.73 Å². The first-order valence-corrected chi connectivity index (χ1v) is 11.0. The lowest BCUT2D eigenvalue weighted by molar-refractivity contribution is -0.106. The molecule has 0 aliphatic heterocycles. The Bertz CT molecular complexity index is 1220. The summed E-state index contributed by atoms with van der Waals surface area (Å²) in [4.78, 5) is 17.8. The molecule has 7 nitrogen and oxygen atoms in total. The fraction of sp³-hybridized carbons (Fsp3) is 0.320. The Labute approximate surface area is 193 Å². The number of pyridine rings is 1. The Hall–Kier alpha value is -3.68. The Morgan fingerprint density at radius 2 is 1.88 bits per heavy atom. The Kier molecular flexibility index (Phi) is 9.60. The molecule has 0 aliphatic rings. The van der Waals surface area contributed by atoms with E-state index in [0.29, 0.717) is 11.2 Å². The SMILES string of the molecule is C=C/C=c1\c(=C)nc(N)c2nc(CCCC)n(CCCCc3ccc(F)c(N)c3)c12.NC=O. The molecule has 3 aromatic rings. The van der Waals surface area contributed by atoms with Crippen LogP contribution in [0.4, 0.5) is 15.9 Å². The molecule has 2 aromatic heterocycles. The minimum Gasteiger partial charge on any atom is -0.396 e. The smallest absolute Gasteiger partial charge is 0.204 e. The fourth-order valence-electron chi connectivity index (χ4n) is 3.75. The minimum absolute atomic E-state index is 0.200. The molecule has 0 unspecified atom stereocenters. The molecule has 0 saturated carbocycles. The van der Waals surface area contributed by atoms with Gasteiger partial charge in [0.15, 0.2) is 5.82 Å². The van der Waals surface area contributed by atoms with Gasteiger partial charge in [0.2, 0.25) is 6.41 Å². The number of halogens is 1. The van der Waals surface area contributed by atoms with E-state index >= 15 is 0 Å². The average molecular weight is 453 g/mol. The quantitative estimate of drug-likeness (QED) is 0.261. The van der Waals surface area contributed by atoms with E-state index in [1.807, 2.05) is 6.08 Å². The van der Waals surface area contributed by atoms with Gasteiger partial charge in [-0.2, -0.15) is 0 Å². The highest BCUT2D eigenvalue weighted by molar-refractivity contribution is 5.86. The first-order chi connectivity index (χ1) is 15.9. The summed E-state index contributed by atoms with van der Waals surface area (Å²) in [6.45, 7) is 10.9. The number of aryl methyl sites for hydroxylation is 3. The predicted molar refractivity (Wildman–Crippen MR) is 134 cm³/mol. The van der Waals surface area contributed by atoms with Crippen LogP contribution in [-0.4, -0.2) is 20.9 Å². The lowest BCUT2D eigenvalue weighted by Gasteiger charge is -2.10. The van der Waals surface area contributed by atoms with Gasteiger partial charge in [0.05, 0.1) is 16.6 Å². The summed E-state index contributed by atoms with van der Waals surface area (Å²) in [5, 5.41) is 1.54. The molecule has 0 spiro atoms. The van der Waals surface area contributed by atoms with Crippen molar-refractivity contribution in [3.63, 3.8) is 0 Å². The number of nitrogens with zero attached hydrogens (tertiary/aromatic N) is 3. The van der Waals surface area contributed by atoms with Crippen molar-refractivity contribution >= 4 is 41.6 Å². The summed E-state index contributed by atoms with van der Waals surface area (Å²) >= 11 is 0. The number of nitrogen functional groups attached to an aromatic ring is 2. The van der Waals surface area contributed by atoms with E-state index < -0.39 is 0 Å². The topological polar surface area (TPSA) is 126 Å². The molecule has 1 aromatic carbocycles. The zero-order chi connectivity index (χ0) is 24.4. The molecule has 1 amide bonds. The third-order valence-electron chi connectivity index (χ3n) is 5.31. The number of primary amides is 1. The van der Waals surface area contributed by atoms with Gasteiger partial charge in [-0.15, -0.1) is 0 Å². The van der Waals surface area contributed by atoms with Crippen LogP contribution in [0.5, 0.6) is 0 Å². The van der Waals surface area contributed by atoms with Crippen LogP contribution in [0.15, 0.2) is 30.9 Å². The van der Waals surface area contributed by atoms with E-state index in [0.717, 1.165) is 72.7 Å². The number of carbonyl (C=O) groups excluding carboxylic acids is 1. The number of anilines is 2. The lowest BCUT2D eigenvalue weighted by Crippen LogP contribution is -2.30. The van der Waals surface area contributed by atoms with Crippen LogP contribution in [0.25, 0.3) is 23.7 Å². The molecule has 0 bridgehead atoms. The number of amides is 1. The monoisotopic (exact) mass is 452 g/mol. The molecular weight excluding hydrogens is 419 g/mol. The predicted octanol–water partition coefficient (Wildman–Crippen LogP) is 2.58. The van der Waals surface area contributed by atoms with Crippen molar-refractivity contribution in [1.82, 2.24) is 14.5 Å². The minimum atomic E-state index is -0.370. The number of aromatic nitrogens is 3. The molecule has 0 fully saturated rings. The highest BCUT2D eigenvalue weighted by Crippen LogP contribution is 2.20. The second-order valence-corrected chi connectivity index (χ2v) is 7.69. The molecule has 33 heavy (non-hydrogen) atoms. The summed E-state index contributed by atoms with van der Waals surface area (Å²) in [6.07, 6.45) is 9.69. The van der Waals surface area contributed by atoms with E-state index in [1.165, 1.54) is 6.07 Å². The number of nitrogens with two attached hydrogens (primary N) is 3. The van der Waals surface area contributed by atoms with E-state index in [2.05, 4.69) is 35.4 Å². The third kappa shape index (κ3) is 6.41. The molecule has 0 aliphatic carbocycles. The first-order valence-electron chi connectivity index (χ1n) is 11.0. The molecule has 8 heteroatoms. The fourth-order valence-corrected chi connectivity index (χ4v) is 3.75. The Morgan fingerprint density at radius 3 is 2.52 bits per heavy atom. The highest BCUT2D eigenvalue weighted by Gasteiger charge is 2.15. The van der Waals surface area contributed by atoms with Gasteiger partial charge in [0.1, 0.15) is 17.2 Å². The van der Waals surface area contributed by atoms with Crippen LogP contribution >= 0.6 is 0 Å². The van der Waals surface area contributed by atoms with E-state index in [9.17, 15) is 4.39 Å². The maximum atomic E-state index is 13.4. The number of hydrogen-bond acceptors (Lipinski definition) is 5. The molecule has 176 valence electrons. The number of allylic oxidation sites excluding steroid dienone is 1. The first kappa shape index (κ1) is 25.6. The molecule has 0 atom stereocenters. The van der Waals surface area contributed by atoms with Crippen LogP contribution in [0.3, 0.4) is 0 Å². The molecule has 2 heterocycles. The lowest BCUT2D eigenvalue weighted by atomic mass is 10.1. The number of carbonyl (C=O) groups is 1. The summed E-state index contributed by atoms with van der Waals surface area (Å²) in [5.74, 6) is 1.07. The maximum absolute atomic E-state index is 13.4. The summed E-state index contributed by atoms with van der Waals surface area (Å²) in [5.41, 5.74) is 19.0. The molecular formula is C25H33FN6O. The van der Waals surface area contributed by atoms with Crippen LogP contribution in [0, 0.1) is 5.82 Å². The van der Waals surface area contributed by atoms with Gasteiger partial charge in [0.25, 0.3) is 0 Å². The van der Waals surface area contributed by atoms with Gasteiger partial charge in [-0.1, -0.05) is 44.7 Å².